The van der Waals surface area contributed by atoms with Gasteiger partial charge >= 0.3 is 0 Å². The van der Waals surface area contributed by atoms with Gasteiger partial charge in [0.2, 0.25) is 5.91 Å². The van der Waals surface area contributed by atoms with Crippen molar-refractivity contribution in [3.05, 3.63) is 75.5 Å². The van der Waals surface area contributed by atoms with Crippen LogP contribution in [-0.2, 0) is 4.79 Å². The van der Waals surface area contributed by atoms with Crippen molar-refractivity contribution < 1.29 is 14.5 Å². The van der Waals surface area contributed by atoms with Gasteiger partial charge in [0.25, 0.3) is 11.6 Å². The molecule has 3 heterocycles. The maximum absolute atomic E-state index is 13.2. The van der Waals surface area contributed by atoms with Crippen LogP contribution in [0.4, 0.5) is 16.5 Å². The minimum Gasteiger partial charge on any atom is -0.371 e. The molecule has 1 aliphatic rings. The van der Waals surface area contributed by atoms with E-state index in [2.05, 4.69) is 20.6 Å². The standard InChI is InChI=1S/C22H22N6O4S/c1-14(16-5-2-3-9-23-16)25-17-8-7-15(13-19(17)28(31)32)21(30)27-11-4-6-18(27)20(29)26-22-24-10-12-33-22/h2-3,5,7-10,12-14,18,25H,4,6,11H2,1H3,(H,24,26,29). The van der Waals surface area contributed by atoms with Crippen LogP contribution in [0.15, 0.2) is 54.2 Å². The van der Waals surface area contributed by atoms with Gasteiger partial charge in [-0.2, -0.15) is 0 Å². The van der Waals surface area contributed by atoms with Crippen molar-refractivity contribution in [2.75, 3.05) is 17.2 Å². The highest BCUT2D eigenvalue weighted by Crippen LogP contribution is 2.30. The van der Waals surface area contributed by atoms with Crippen LogP contribution in [0.1, 0.15) is 41.9 Å². The molecule has 1 saturated heterocycles. The summed E-state index contributed by atoms with van der Waals surface area (Å²) in [6.07, 6.45) is 4.43. The van der Waals surface area contributed by atoms with Gasteiger partial charge in [0, 0.05) is 35.9 Å². The third kappa shape index (κ3) is 4.98. The van der Waals surface area contributed by atoms with E-state index in [4.69, 9.17) is 0 Å². The molecule has 170 valence electrons. The van der Waals surface area contributed by atoms with E-state index in [-0.39, 0.29) is 28.9 Å². The van der Waals surface area contributed by atoms with E-state index in [0.29, 0.717) is 24.5 Å². The van der Waals surface area contributed by atoms with E-state index >= 15 is 0 Å². The molecule has 0 saturated carbocycles. The summed E-state index contributed by atoms with van der Waals surface area (Å²) in [6.45, 7) is 2.25. The van der Waals surface area contributed by atoms with Crippen molar-refractivity contribution in [3.63, 3.8) is 0 Å². The number of carbonyl (C=O) groups is 2. The molecule has 1 fully saturated rings. The molecule has 2 N–H and O–H groups in total. The Labute approximate surface area is 193 Å². The average molecular weight is 467 g/mol. The first-order chi connectivity index (χ1) is 15.9. The van der Waals surface area contributed by atoms with Crippen molar-refractivity contribution >= 4 is 39.7 Å². The maximum Gasteiger partial charge on any atom is 0.293 e. The van der Waals surface area contributed by atoms with Crippen LogP contribution in [0.2, 0.25) is 0 Å². The topological polar surface area (TPSA) is 130 Å². The van der Waals surface area contributed by atoms with Crippen LogP contribution >= 0.6 is 11.3 Å². The number of pyridine rings is 1. The molecular weight excluding hydrogens is 444 g/mol. The zero-order valence-electron chi connectivity index (χ0n) is 17.8. The van der Waals surface area contributed by atoms with Crippen LogP contribution < -0.4 is 10.6 Å². The van der Waals surface area contributed by atoms with Crippen molar-refractivity contribution in [3.8, 4) is 0 Å². The van der Waals surface area contributed by atoms with Gasteiger partial charge in [-0.1, -0.05) is 6.07 Å². The Morgan fingerprint density at radius 3 is 2.79 bits per heavy atom. The lowest BCUT2D eigenvalue weighted by molar-refractivity contribution is -0.384. The van der Waals surface area contributed by atoms with Crippen LogP contribution in [0, 0.1) is 10.1 Å². The molecule has 33 heavy (non-hydrogen) atoms. The molecule has 0 bridgehead atoms. The Morgan fingerprint density at radius 2 is 2.09 bits per heavy atom. The number of nitrogens with zero attached hydrogens (tertiary/aromatic N) is 4. The molecule has 1 aromatic carbocycles. The molecule has 2 unspecified atom stereocenters. The van der Waals surface area contributed by atoms with Crippen LogP contribution in [0.3, 0.4) is 0 Å². The number of carbonyl (C=O) groups excluding carboxylic acids is 2. The van der Waals surface area contributed by atoms with Crippen LogP contribution in [0.5, 0.6) is 0 Å². The normalized spacial score (nSPS) is 16.3. The van der Waals surface area contributed by atoms with Crippen molar-refractivity contribution in [1.82, 2.24) is 14.9 Å². The summed E-state index contributed by atoms with van der Waals surface area (Å²) in [5.41, 5.74) is 0.964. The highest BCUT2D eigenvalue weighted by Gasteiger charge is 2.35. The largest absolute Gasteiger partial charge is 0.371 e. The molecule has 2 aromatic heterocycles. The van der Waals surface area contributed by atoms with Crippen molar-refractivity contribution in [2.45, 2.75) is 31.8 Å². The molecule has 2 amide bonds. The number of aromatic nitrogens is 2. The van der Waals surface area contributed by atoms with Crippen LogP contribution in [-0.4, -0.2) is 44.2 Å². The van der Waals surface area contributed by atoms with Gasteiger partial charge in [-0.25, -0.2) is 4.98 Å². The second kappa shape index (κ2) is 9.74. The molecule has 2 atom stereocenters. The highest BCUT2D eigenvalue weighted by molar-refractivity contribution is 7.13. The number of hydrogen-bond donors (Lipinski definition) is 2. The fraction of sp³-hybridized carbons (Fsp3) is 0.273. The number of nitro groups is 1. The molecule has 3 aromatic rings. The van der Waals surface area contributed by atoms with Gasteiger partial charge in [-0.3, -0.25) is 24.7 Å². The van der Waals surface area contributed by atoms with Gasteiger partial charge in [-0.05, 0) is 44.0 Å². The lowest BCUT2D eigenvalue weighted by Crippen LogP contribution is -2.43. The minimum absolute atomic E-state index is 0.159. The van der Waals surface area contributed by atoms with Crippen molar-refractivity contribution in [1.29, 1.82) is 0 Å². The molecule has 0 spiro atoms. The SMILES string of the molecule is CC(Nc1ccc(C(=O)N2CCCC2C(=O)Nc2nccs2)cc1[N+](=O)[O-])c1ccccn1. The quantitative estimate of drug-likeness (QED) is 0.399. The summed E-state index contributed by atoms with van der Waals surface area (Å²) >= 11 is 1.29. The smallest absolute Gasteiger partial charge is 0.293 e. The average Bonchev–Trinajstić information content (AvgIpc) is 3.51. The van der Waals surface area contributed by atoms with Gasteiger partial charge in [0.05, 0.1) is 16.7 Å². The zero-order chi connectivity index (χ0) is 23.4. The number of hydrogen-bond acceptors (Lipinski definition) is 8. The Morgan fingerprint density at radius 1 is 1.24 bits per heavy atom. The Balaban J connectivity index is 1.53. The predicted molar refractivity (Wildman–Crippen MR) is 124 cm³/mol. The van der Waals surface area contributed by atoms with E-state index < -0.39 is 16.9 Å². The molecule has 0 aliphatic carbocycles. The Hall–Kier alpha value is -3.86. The first kappa shape index (κ1) is 22.3. The van der Waals surface area contributed by atoms with E-state index in [9.17, 15) is 19.7 Å². The number of thiazole rings is 1. The molecule has 1 aliphatic heterocycles. The summed E-state index contributed by atoms with van der Waals surface area (Å²) in [7, 11) is 0. The Kier molecular flexibility index (Phi) is 6.59. The van der Waals surface area contributed by atoms with Crippen LogP contribution in [0.25, 0.3) is 0 Å². The monoisotopic (exact) mass is 466 g/mol. The minimum atomic E-state index is -0.651. The van der Waals surface area contributed by atoms with E-state index in [1.54, 1.807) is 23.8 Å². The number of anilines is 2. The summed E-state index contributed by atoms with van der Waals surface area (Å²) in [6, 6.07) is 8.85. The molecule has 4 rings (SSSR count). The number of amides is 2. The third-order valence-electron chi connectivity index (χ3n) is 5.42. The number of nitrogens with one attached hydrogen (secondary N) is 2. The van der Waals surface area contributed by atoms with Gasteiger partial charge in [0.1, 0.15) is 11.7 Å². The van der Waals surface area contributed by atoms with E-state index in [1.165, 1.54) is 34.4 Å². The molecule has 0 radical (unpaired) electrons. The predicted octanol–water partition coefficient (Wildman–Crippen LogP) is 3.86. The fourth-order valence-electron chi connectivity index (χ4n) is 3.80. The summed E-state index contributed by atoms with van der Waals surface area (Å²) in [5.74, 6) is -0.730. The molecular formula is C22H22N6O4S. The second-order valence-corrected chi connectivity index (χ2v) is 8.49. The molecule has 10 nitrogen and oxygen atoms in total. The first-order valence-electron chi connectivity index (χ1n) is 10.4. The van der Waals surface area contributed by atoms with Gasteiger partial charge < -0.3 is 15.5 Å². The number of nitro benzene ring substituents is 1. The summed E-state index contributed by atoms with van der Waals surface area (Å²) in [4.78, 5) is 46.8. The number of rotatable bonds is 7. The van der Waals surface area contributed by atoms with E-state index in [0.717, 1.165) is 5.69 Å². The summed E-state index contributed by atoms with van der Waals surface area (Å²) in [5, 5.41) is 19.8. The first-order valence-corrected chi connectivity index (χ1v) is 11.3. The van der Waals surface area contributed by atoms with E-state index in [1.807, 2.05) is 19.1 Å². The van der Waals surface area contributed by atoms with Gasteiger partial charge in [-0.15, -0.1) is 11.3 Å². The van der Waals surface area contributed by atoms with Crippen molar-refractivity contribution in [2.24, 2.45) is 0 Å². The highest BCUT2D eigenvalue weighted by atomic mass is 32.1. The second-order valence-electron chi connectivity index (χ2n) is 7.59. The third-order valence-corrected chi connectivity index (χ3v) is 6.11. The fourth-order valence-corrected chi connectivity index (χ4v) is 4.33. The number of benzene rings is 1. The molecule has 11 heteroatoms. The Bertz CT molecular complexity index is 1150. The zero-order valence-corrected chi connectivity index (χ0v) is 18.6. The van der Waals surface area contributed by atoms with Gasteiger partial charge in [0.15, 0.2) is 5.13 Å². The maximum atomic E-state index is 13.2. The number of likely N-dealkylation sites (tertiary alicyclic amines) is 1. The summed E-state index contributed by atoms with van der Waals surface area (Å²) < 4.78 is 0. The lowest BCUT2D eigenvalue weighted by atomic mass is 10.1. The lowest BCUT2D eigenvalue weighted by Gasteiger charge is -2.24.